The van der Waals surface area contributed by atoms with Crippen molar-refractivity contribution in [3.05, 3.63) is 47.7 Å². The molecule has 1 saturated heterocycles. The van der Waals surface area contributed by atoms with Gasteiger partial charge in [-0.2, -0.15) is 0 Å². The maximum atomic E-state index is 12.4. The Morgan fingerprint density at radius 2 is 2.13 bits per heavy atom. The van der Waals surface area contributed by atoms with Crippen LogP contribution in [-0.2, 0) is 9.59 Å². The van der Waals surface area contributed by atoms with Crippen LogP contribution in [0.5, 0.6) is 0 Å². The smallest absolute Gasteiger partial charge is 0.249 e. The third-order valence-corrected chi connectivity index (χ3v) is 4.29. The van der Waals surface area contributed by atoms with Crippen molar-refractivity contribution in [2.75, 3.05) is 0 Å². The highest BCUT2D eigenvalue weighted by atomic mass is 16.2. The summed E-state index contributed by atoms with van der Waals surface area (Å²) in [6.07, 6.45) is 6.66. The van der Waals surface area contributed by atoms with Crippen molar-refractivity contribution in [3.63, 3.8) is 0 Å². The number of hydrogen-bond acceptors (Lipinski definition) is 2. The molecule has 23 heavy (non-hydrogen) atoms. The molecule has 0 aliphatic carbocycles. The number of rotatable bonds is 3. The van der Waals surface area contributed by atoms with E-state index in [1.54, 1.807) is 0 Å². The molecule has 118 valence electrons. The number of amides is 2. The Hall–Kier alpha value is -2.62. The summed E-state index contributed by atoms with van der Waals surface area (Å²) in [4.78, 5) is 23.9. The number of hydrogen-bond donors (Lipinski definition) is 1. The number of carbonyl (C=O) groups is 2. The van der Waals surface area contributed by atoms with Crippen LogP contribution in [-0.4, -0.2) is 16.4 Å². The third kappa shape index (κ3) is 2.50. The van der Waals surface area contributed by atoms with Gasteiger partial charge in [-0.1, -0.05) is 30.9 Å². The molecular weight excluding hydrogens is 288 g/mol. The Morgan fingerprint density at radius 1 is 1.35 bits per heavy atom. The van der Waals surface area contributed by atoms with E-state index in [0.717, 1.165) is 27.7 Å². The van der Waals surface area contributed by atoms with E-state index in [0.29, 0.717) is 12.8 Å². The van der Waals surface area contributed by atoms with Crippen LogP contribution in [0.4, 0.5) is 0 Å². The average Bonchev–Trinajstić information content (AvgIpc) is 2.80. The number of nitrogens with one attached hydrogen (secondary N) is 1. The molecule has 1 aliphatic heterocycles. The minimum atomic E-state index is -0.378. The summed E-state index contributed by atoms with van der Waals surface area (Å²) in [6, 6.07) is 5.83. The van der Waals surface area contributed by atoms with E-state index < -0.39 is 0 Å². The predicted molar refractivity (Wildman–Crippen MR) is 92.9 cm³/mol. The molecule has 1 atom stereocenters. The van der Waals surface area contributed by atoms with E-state index in [2.05, 4.69) is 30.1 Å². The summed E-state index contributed by atoms with van der Waals surface area (Å²) in [6.45, 7) is 7.91. The lowest BCUT2D eigenvalue weighted by Crippen LogP contribution is -2.41. The first-order valence-corrected chi connectivity index (χ1v) is 7.80. The zero-order valence-electron chi connectivity index (χ0n) is 13.4. The van der Waals surface area contributed by atoms with Crippen molar-refractivity contribution in [1.29, 1.82) is 0 Å². The Labute approximate surface area is 135 Å². The van der Waals surface area contributed by atoms with Crippen LogP contribution in [0.1, 0.15) is 42.6 Å². The number of imide groups is 1. The molecule has 1 aliphatic rings. The molecular formula is C19H20N2O2. The van der Waals surface area contributed by atoms with Gasteiger partial charge in [-0.25, -0.2) is 0 Å². The summed E-state index contributed by atoms with van der Waals surface area (Å²) in [5, 5.41) is 3.53. The van der Waals surface area contributed by atoms with Crippen molar-refractivity contribution in [2.24, 2.45) is 0 Å². The average molecular weight is 308 g/mol. The molecule has 0 radical (unpaired) electrons. The largest absolute Gasteiger partial charge is 0.328 e. The van der Waals surface area contributed by atoms with Crippen molar-refractivity contribution >= 4 is 34.9 Å². The first-order chi connectivity index (χ1) is 11.1. The lowest BCUT2D eigenvalue weighted by atomic mass is 10.1. The van der Waals surface area contributed by atoms with Gasteiger partial charge in [0.25, 0.3) is 0 Å². The number of aryl methyl sites for hydroxylation is 1. The van der Waals surface area contributed by atoms with E-state index in [9.17, 15) is 9.59 Å². The molecule has 2 aromatic rings. The van der Waals surface area contributed by atoms with Crippen LogP contribution in [0.15, 0.2) is 30.9 Å². The summed E-state index contributed by atoms with van der Waals surface area (Å²) >= 11 is 0. The van der Waals surface area contributed by atoms with Crippen molar-refractivity contribution < 1.29 is 9.59 Å². The first-order valence-electron chi connectivity index (χ1n) is 7.80. The second-order valence-corrected chi connectivity index (χ2v) is 5.86. The molecule has 2 heterocycles. The standard InChI is InChI=1S/C19H20N2O2/c1-4-6-15-13(5-2)14-8-7-12(3)11-17(14)21(15)16-9-10-18(22)20-19(16)23/h4-8,11,16H,2,9-10H2,1,3H3,(H,20,22,23)/b6-4-. The predicted octanol–water partition coefficient (Wildman–Crippen LogP) is 3.60. The van der Waals surface area contributed by atoms with E-state index in [-0.39, 0.29) is 17.9 Å². The summed E-state index contributed by atoms with van der Waals surface area (Å²) in [7, 11) is 0. The highest BCUT2D eigenvalue weighted by Gasteiger charge is 2.31. The normalized spacial score (nSPS) is 18.6. The maximum absolute atomic E-state index is 12.4. The summed E-state index contributed by atoms with van der Waals surface area (Å²) < 4.78 is 2.04. The first kappa shape index (κ1) is 15.3. The Kier molecular flexibility index (Phi) is 3.90. The molecule has 1 aromatic carbocycles. The molecule has 1 aromatic heterocycles. The fourth-order valence-electron chi connectivity index (χ4n) is 3.27. The van der Waals surface area contributed by atoms with Crippen molar-refractivity contribution in [3.8, 4) is 0 Å². The molecule has 4 heteroatoms. The topological polar surface area (TPSA) is 51.1 Å². The van der Waals surface area contributed by atoms with Crippen LogP contribution in [0.2, 0.25) is 0 Å². The Balaban J connectivity index is 2.31. The van der Waals surface area contributed by atoms with Crippen LogP contribution in [0.3, 0.4) is 0 Å². The summed E-state index contributed by atoms with van der Waals surface area (Å²) in [5.74, 6) is -0.434. The second kappa shape index (κ2) is 5.88. The Bertz CT molecular complexity index is 843. The molecule has 1 unspecified atom stereocenters. The lowest BCUT2D eigenvalue weighted by Gasteiger charge is -2.25. The van der Waals surface area contributed by atoms with Crippen molar-refractivity contribution in [2.45, 2.75) is 32.7 Å². The van der Waals surface area contributed by atoms with Gasteiger partial charge in [0.15, 0.2) is 0 Å². The SMILES string of the molecule is C=Cc1c(/C=C\C)n(C2CCC(=O)NC2=O)c2cc(C)ccc12. The quantitative estimate of drug-likeness (QED) is 0.881. The number of fused-ring (bicyclic) bond motifs is 1. The molecule has 0 bridgehead atoms. The van der Waals surface area contributed by atoms with Gasteiger partial charge in [-0.15, -0.1) is 0 Å². The van der Waals surface area contributed by atoms with Gasteiger partial charge < -0.3 is 4.57 Å². The van der Waals surface area contributed by atoms with Gasteiger partial charge in [0.1, 0.15) is 6.04 Å². The maximum Gasteiger partial charge on any atom is 0.249 e. The van der Waals surface area contributed by atoms with Gasteiger partial charge in [0, 0.05) is 23.1 Å². The highest BCUT2D eigenvalue weighted by molar-refractivity contribution is 6.02. The fourth-order valence-corrected chi connectivity index (χ4v) is 3.27. The zero-order valence-corrected chi connectivity index (χ0v) is 13.4. The van der Waals surface area contributed by atoms with Crippen molar-refractivity contribution in [1.82, 2.24) is 9.88 Å². The molecule has 4 nitrogen and oxygen atoms in total. The van der Waals surface area contributed by atoms with Gasteiger partial charge in [-0.3, -0.25) is 14.9 Å². The zero-order chi connectivity index (χ0) is 16.6. The van der Waals surface area contributed by atoms with Crippen LogP contribution < -0.4 is 5.32 Å². The highest BCUT2D eigenvalue weighted by Crippen LogP contribution is 2.34. The van der Waals surface area contributed by atoms with Crippen LogP contribution in [0, 0.1) is 6.92 Å². The lowest BCUT2D eigenvalue weighted by molar-refractivity contribution is -0.135. The molecule has 2 amide bonds. The second-order valence-electron chi connectivity index (χ2n) is 5.86. The van der Waals surface area contributed by atoms with Crippen LogP contribution in [0.25, 0.3) is 23.1 Å². The minimum absolute atomic E-state index is 0.199. The molecule has 3 rings (SSSR count). The van der Waals surface area contributed by atoms with Gasteiger partial charge in [0.05, 0.1) is 5.52 Å². The molecule has 0 saturated carbocycles. The fraction of sp³-hybridized carbons (Fsp3) is 0.263. The van der Waals surface area contributed by atoms with Gasteiger partial charge >= 0.3 is 0 Å². The van der Waals surface area contributed by atoms with E-state index in [1.807, 2.05) is 36.6 Å². The van der Waals surface area contributed by atoms with Gasteiger partial charge in [-0.05, 0) is 38.0 Å². The minimum Gasteiger partial charge on any atom is -0.328 e. The number of aromatic nitrogens is 1. The number of carbonyl (C=O) groups excluding carboxylic acids is 2. The number of nitrogens with zero attached hydrogens (tertiary/aromatic N) is 1. The summed E-state index contributed by atoms with van der Waals surface area (Å²) in [5.41, 5.74) is 4.11. The van der Waals surface area contributed by atoms with E-state index >= 15 is 0 Å². The molecule has 1 fully saturated rings. The number of allylic oxidation sites excluding steroid dienone is 1. The Morgan fingerprint density at radius 3 is 2.78 bits per heavy atom. The third-order valence-electron chi connectivity index (χ3n) is 4.29. The molecule has 1 N–H and O–H groups in total. The van der Waals surface area contributed by atoms with E-state index in [1.165, 1.54) is 0 Å². The van der Waals surface area contributed by atoms with Gasteiger partial charge in [0.2, 0.25) is 11.8 Å². The van der Waals surface area contributed by atoms with Crippen LogP contribution >= 0.6 is 0 Å². The molecule has 0 spiro atoms. The monoisotopic (exact) mass is 308 g/mol. The van der Waals surface area contributed by atoms with E-state index in [4.69, 9.17) is 0 Å². The number of piperidine rings is 1. The number of benzene rings is 1.